The Morgan fingerprint density at radius 3 is 2.76 bits per heavy atom. The van der Waals surface area contributed by atoms with Gasteiger partial charge in [0.1, 0.15) is 5.76 Å². The van der Waals surface area contributed by atoms with E-state index in [1.165, 1.54) is 18.4 Å². The van der Waals surface area contributed by atoms with Crippen molar-refractivity contribution in [1.29, 1.82) is 0 Å². The SMILES string of the molecule is Cc1cc(CN2CC[C@H](OCC3CC3)[C@H](Cc3ccccc3)C2)no1. The molecule has 2 aliphatic rings. The minimum Gasteiger partial charge on any atom is -0.378 e. The van der Waals surface area contributed by atoms with Crippen molar-refractivity contribution < 1.29 is 9.26 Å². The van der Waals surface area contributed by atoms with Gasteiger partial charge in [-0.2, -0.15) is 0 Å². The second-order valence-corrected chi connectivity index (χ2v) is 7.72. The largest absolute Gasteiger partial charge is 0.378 e. The molecule has 2 aromatic rings. The fourth-order valence-electron chi connectivity index (χ4n) is 3.83. The van der Waals surface area contributed by atoms with Gasteiger partial charge in [-0.1, -0.05) is 35.5 Å². The lowest BCUT2D eigenvalue weighted by atomic mass is 9.88. The molecule has 1 aromatic heterocycles. The number of piperidine rings is 1. The van der Waals surface area contributed by atoms with Crippen LogP contribution in [0.3, 0.4) is 0 Å². The van der Waals surface area contributed by atoms with Crippen LogP contribution >= 0.6 is 0 Å². The van der Waals surface area contributed by atoms with Gasteiger partial charge in [-0.25, -0.2) is 0 Å². The minimum atomic E-state index is 0.385. The predicted octanol–water partition coefficient (Wildman–Crippen LogP) is 3.84. The van der Waals surface area contributed by atoms with Gasteiger partial charge < -0.3 is 9.26 Å². The van der Waals surface area contributed by atoms with E-state index in [1.54, 1.807) is 0 Å². The van der Waals surface area contributed by atoms with Gasteiger partial charge in [0.15, 0.2) is 0 Å². The van der Waals surface area contributed by atoms with Crippen LogP contribution in [0.4, 0.5) is 0 Å². The number of likely N-dealkylation sites (tertiary alicyclic amines) is 1. The van der Waals surface area contributed by atoms with Crippen molar-refractivity contribution >= 4 is 0 Å². The summed E-state index contributed by atoms with van der Waals surface area (Å²) in [6.45, 7) is 5.92. The molecular weight excluding hydrogens is 312 g/mol. The number of ether oxygens (including phenoxy) is 1. The fraction of sp³-hybridized carbons (Fsp3) is 0.571. The van der Waals surface area contributed by atoms with E-state index >= 15 is 0 Å². The maximum atomic E-state index is 6.33. The molecule has 4 rings (SSSR count). The molecule has 1 aliphatic heterocycles. The molecule has 0 spiro atoms. The Kier molecular flexibility index (Phi) is 5.18. The molecular formula is C21H28N2O2. The number of nitrogens with zero attached hydrogens (tertiary/aromatic N) is 2. The van der Waals surface area contributed by atoms with E-state index in [4.69, 9.17) is 9.26 Å². The summed E-state index contributed by atoms with van der Waals surface area (Å²) in [5.41, 5.74) is 2.44. The van der Waals surface area contributed by atoms with E-state index in [9.17, 15) is 0 Å². The Morgan fingerprint density at radius 2 is 2.04 bits per heavy atom. The highest BCUT2D eigenvalue weighted by atomic mass is 16.5. The Bertz CT molecular complexity index is 666. The quantitative estimate of drug-likeness (QED) is 0.767. The summed E-state index contributed by atoms with van der Waals surface area (Å²) in [5, 5.41) is 4.16. The molecule has 1 aromatic carbocycles. The van der Waals surface area contributed by atoms with E-state index in [1.807, 2.05) is 13.0 Å². The molecule has 4 heteroatoms. The van der Waals surface area contributed by atoms with Crippen molar-refractivity contribution in [3.05, 3.63) is 53.4 Å². The maximum absolute atomic E-state index is 6.33. The van der Waals surface area contributed by atoms with Crippen molar-refractivity contribution in [2.45, 2.75) is 45.3 Å². The van der Waals surface area contributed by atoms with Gasteiger partial charge in [-0.05, 0) is 44.1 Å². The molecule has 25 heavy (non-hydrogen) atoms. The molecule has 1 saturated heterocycles. The summed E-state index contributed by atoms with van der Waals surface area (Å²) in [6, 6.07) is 12.9. The van der Waals surface area contributed by atoms with Gasteiger partial charge in [0, 0.05) is 38.2 Å². The van der Waals surface area contributed by atoms with E-state index in [-0.39, 0.29) is 0 Å². The van der Waals surface area contributed by atoms with Crippen molar-refractivity contribution in [1.82, 2.24) is 10.1 Å². The Labute approximate surface area is 150 Å². The third-order valence-corrected chi connectivity index (χ3v) is 5.39. The van der Waals surface area contributed by atoms with Gasteiger partial charge >= 0.3 is 0 Å². The zero-order valence-electron chi connectivity index (χ0n) is 15.1. The van der Waals surface area contributed by atoms with Crippen LogP contribution in [0.2, 0.25) is 0 Å². The van der Waals surface area contributed by atoms with Crippen molar-refractivity contribution in [3.8, 4) is 0 Å². The molecule has 0 amide bonds. The highest BCUT2D eigenvalue weighted by Crippen LogP contribution is 2.32. The first kappa shape index (κ1) is 16.8. The van der Waals surface area contributed by atoms with Crippen LogP contribution in [0.1, 0.15) is 36.3 Å². The number of hydrogen-bond acceptors (Lipinski definition) is 4. The van der Waals surface area contributed by atoms with Crippen LogP contribution in [0.25, 0.3) is 0 Å². The van der Waals surface area contributed by atoms with Crippen LogP contribution < -0.4 is 0 Å². The van der Waals surface area contributed by atoms with Crippen LogP contribution in [0.15, 0.2) is 40.9 Å². The van der Waals surface area contributed by atoms with Crippen LogP contribution in [-0.2, 0) is 17.7 Å². The van der Waals surface area contributed by atoms with E-state index < -0.39 is 0 Å². The molecule has 0 bridgehead atoms. The second-order valence-electron chi connectivity index (χ2n) is 7.72. The molecule has 1 aliphatic carbocycles. The van der Waals surface area contributed by atoms with E-state index in [0.29, 0.717) is 12.0 Å². The summed E-state index contributed by atoms with van der Waals surface area (Å²) in [7, 11) is 0. The lowest BCUT2D eigenvalue weighted by Gasteiger charge is -2.38. The van der Waals surface area contributed by atoms with Gasteiger partial charge in [0.25, 0.3) is 0 Å². The van der Waals surface area contributed by atoms with Crippen LogP contribution in [0.5, 0.6) is 0 Å². The van der Waals surface area contributed by atoms with Gasteiger partial charge in [0.2, 0.25) is 0 Å². The lowest BCUT2D eigenvalue weighted by molar-refractivity contribution is -0.0393. The molecule has 1 saturated carbocycles. The first-order valence-electron chi connectivity index (χ1n) is 9.56. The summed E-state index contributed by atoms with van der Waals surface area (Å²) in [5.74, 6) is 2.26. The average Bonchev–Trinajstić information content (AvgIpc) is 3.36. The molecule has 0 N–H and O–H groups in total. The lowest BCUT2D eigenvalue weighted by Crippen LogP contribution is -2.45. The van der Waals surface area contributed by atoms with Gasteiger partial charge in [-0.15, -0.1) is 0 Å². The number of rotatable bonds is 7. The summed E-state index contributed by atoms with van der Waals surface area (Å²) < 4.78 is 11.6. The Hall–Kier alpha value is -1.65. The number of aromatic nitrogens is 1. The number of hydrogen-bond donors (Lipinski definition) is 0. The second kappa shape index (κ2) is 7.71. The topological polar surface area (TPSA) is 38.5 Å². The zero-order valence-corrected chi connectivity index (χ0v) is 15.1. The Balaban J connectivity index is 1.40. The van der Waals surface area contributed by atoms with Crippen molar-refractivity contribution in [3.63, 3.8) is 0 Å². The third kappa shape index (κ3) is 4.71. The summed E-state index contributed by atoms with van der Waals surface area (Å²) >= 11 is 0. The van der Waals surface area contributed by atoms with Gasteiger partial charge in [-0.3, -0.25) is 4.90 Å². The molecule has 4 nitrogen and oxygen atoms in total. The third-order valence-electron chi connectivity index (χ3n) is 5.39. The normalized spacial score (nSPS) is 24.5. The number of benzene rings is 1. The highest BCUT2D eigenvalue weighted by molar-refractivity contribution is 5.16. The maximum Gasteiger partial charge on any atom is 0.133 e. The van der Waals surface area contributed by atoms with Crippen molar-refractivity contribution in [2.75, 3.05) is 19.7 Å². The molecule has 0 radical (unpaired) electrons. The highest BCUT2D eigenvalue weighted by Gasteiger charge is 2.32. The first-order chi connectivity index (χ1) is 12.3. The van der Waals surface area contributed by atoms with E-state index in [0.717, 1.165) is 56.5 Å². The molecule has 134 valence electrons. The van der Waals surface area contributed by atoms with Crippen LogP contribution in [-0.4, -0.2) is 35.9 Å². The van der Waals surface area contributed by atoms with E-state index in [2.05, 4.69) is 40.4 Å². The zero-order chi connectivity index (χ0) is 17.1. The Morgan fingerprint density at radius 1 is 1.20 bits per heavy atom. The minimum absolute atomic E-state index is 0.385. The first-order valence-corrected chi connectivity index (χ1v) is 9.56. The summed E-state index contributed by atoms with van der Waals surface area (Å²) in [4.78, 5) is 2.50. The fourth-order valence-corrected chi connectivity index (χ4v) is 3.83. The molecule has 2 fully saturated rings. The van der Waals surface area contributed by atoms with Crippen molar-refractivity contribution in [2.24, 2.45) is 11.8 Å². The number of aryl methyl sites for hydroxylation is 1. The molecule has 0 unspecified atom stereocenters. The summed E-state index contributed by atoms with van der Waals surface area (Å²) in [6.07, 6.45) is 5.29. The molecule has 2 heterocycles. The predicted molar refractivity (Wildman–Crippen MR) is 97.2 cm³/mol. The molecule has 2 atom stereocenters. The van der Waals surface area contributed by atoms with Crippen LogP contribution in [0, 0.1) is 18.8 Å². The monoisotopic (exact) mass is 340 g/mol. The smallest absolute Gasteiger partial charge is 0.133 e. The standard InChI is InChI=1S/C21H28N2O2/c1-16-11-20(22-25-16)14-23-10-9-21(24-15-18-7-8-18)19(13-23)12-17-5-3-2-4-6-17/h2-6,11,18-19,21H,7-10,12-15H2,1H3/t19-,21+/m1/s1. The average molecular weight is 340 g/mol. The van der Waals surface area contributed by atoms with Gasteiger partial charge in [0.05, 0.1) is 11.8 Å².